The number of imidazole rings is 1. The lowest BCUT2D eigenvalue weighted by Gasteiger charge is -2.11. The fraction of sp³-hybridized carbons (Fsp3) is 0.400. The quantitative estimate of drug-likeness (QED) is 0.463. The molecule has 0 radical (unpaired) electrons. The van der Waals surface area contributed by atoms with E-state index in [0.29, 0.717) is 35.9 Å². The molecule has 2 aromatic heterocycles. The van der Waals surface area contributed by atoms with Crippen LogP contribution in [0.15, 0.2) is 18.5 Å². The van der Waals surface area contributed by atoms with E-state index in [0.717, 1.165) is 25.0 Å². The molecule has 9 nitrogen and oxygen atoms in total. The van der Waals surface area contributed by atoms with Gasteiger partial charge in [-0.25, -0.2) is 18.6 Å². The van der Waals surface area contributed by atoms with E-state index in [1.807, 2.05) is 18.7 Å². The third-order valence-electron chi connectivity index (χ3n) is 4.67. The molecule has 0 atom stereocenters. The predicted molar refractivity (Wildman–Crippen MR) is 117 cm³/mol. The van der Waals surface area contributed by atoms with Gasteiger partial charge in [-0.15, -0.1) is 0 Å². The molecule has 0 fully saturated rings. The van der Waals surface area contributed by atoms with Gasteiger partial charge in [-0.3, -0.25) is 0 Å². The van der Waals surface area contributed by atoms with Crippen molar-refractivity contribution in [3.8, 4) is 0 Å². The van der Waals surface area contributed by atoms with Crippen molar-refractivity contribution in [2.45, 2.75) is 32.4 Å². The number of carbonyl (C=O) groups is 1. The molecule has 3 N–H and O–H groups in total. The molecule has 3 aromatic rings. The SMILES string of the molecule is CN(C)c1nc(N)c2ncn(CCCCCOC(=O)NCc3c(F)cc(Cl)cc3F)c2n1. The van der Waals surface area contributed by atoms with Gasteiger partial charge in [0, 0.05) is 31.2 Å². The number of nitrogens with one attached hydrogen (secondary N) is 1. The van der Waals surface area contributed by atoms with Gasteiger partial charge in [0.05, 0.1) is 19.5 Å². The van der Waals surface area contributed by atoms with Crippen LogP contribution in [0.4, 0.5) is 25.3 Å². The Morgan fingerprint density at radius 2 is 1.94 bits per heavy atom. The van der Waals surface area contributed by atoms with E-state index in [-0.39, 0.29) is 23.7 Å². The van der Waals surface area contributed by atoms with Crippen LogP contribution in [0.3, 0.4) is 0 Å². The summed E-state index contributed by atoms with van der Waals surface area (Å²) < 4.78 is 34.4. The summed E-state index contributed by atoms with van der Waals surface area (Å²) in [7, 11) is 3.67. The van der Waals surface area contributed by atoms with Gasteiger partial charge in [0.1, 0.15) is 17.2 Å². The summed E-state index contributed by atoms with van der Waals surface area (Å²) in [4.78, 5) is 26.5. The van der Waals surface area contributed by atoms with E-state index in [4.69, 9.17) is 22.1 Å². The predicted octanol–water partition coefficient (Wildman–Crippen LogP) is 3.50. The Hall–Kier alpha value is -3.21. The maximum Gasteiger partial charge on any atom is 0.407 e. The lowest BCUT2D eigenvalue weighted by molar-refractivity contribution is 0.143. The third-order valence-corrected chi connectivity index (χ3v) is 4.89. The number of halogens is 3. The molecule has 0 spiro atoms. The average molecular weight is 468 g/mol. The van der Waals surface area contributed by atoms with Crippen LogP contribution in [0.25, 0.3) is 11.2 Å². The van der Waals surface area contributed by atoms with E-state index in [2.05, 4.69) is 20.3 Å². The van der Waals surface area contributed by atoms with Gasteiger partial charge < -0.3 is 25.3 Å². The molecule has 172 valence electrons. The van der Waals surface area contributed by atoms with E-state index in [1.54, 1.807) is 11.2 Å². The highest BCUT2D eigenvalue weighted by atomic mass is 35.5. The van der Waals surface area contributed by atoms with Crippen molar-refractivity contribution < 1.29 is 18.3 Å². The Balaban J connectivity index is 1.40. The summed E-state index contributed by atoms with van der Waals surface area (Å²) in [5, 5.41) is 2.27. The number of nitrogens with two attached hydrogens (primary N) is 1. The smallest absolute Gasteiger partial charge is 0.407 e. The summed E-state index contributed by atoms with van der Waals surface area (Å²) in [6.07, 6.45) is 3.15. The maximum atomic E-state index is 13.7. The van der Waals surface area contributed by atoms with Crippen LogP contribution in [0, 0.1) is 11.6 Å². The van der Waals surface area contributed by atoms with Crippen molar-refractivity contribution >= 4 is 40.6 Å². The minimum atomic E-state index is -0.827. The number of unbranched alkanes of at least 4 members (excludes halogenated alkanes) is 2. The van der Waals surface area contributed by atoms with E-state index in [9.17, 15) is 13.6 Å². The number of aryl methyl sites for hydroxylation is 1. The first-order valence-corrected chi connectivity index (χ1v) is 10.3. The number of aromatic nitrogens is 4. The molecule has 1 aromatic carbocycles. The normalized spacial score (nSPS) is 11.0. The second kappa shape index (κ2) is 10.4. The van der Waals surface area contributed by atoms with Crippen LogP contribution < -0.4 is 16.0 Å². The minimum absolute atomic E-state index is 0.0518. The zero-order valence-electron chi connectivity index (χ0n) is 17.7. The van der Waals surface area contributed by atoms with E-state index >= 15 is 0 Å². The van der Waals surface area contributed by atoms with E-state index < -0.39 is 17.7 Å². The van der Waals surface area contributed by atoms with E-state index in [1.165, 1.54) is 0 Å². The number of nitrogen functional groups attached to an aromatic ring is 1. The molecule has 0 saturated carbocycles. The molecular formula is C20H24ClF2N7O2. The number of ether oxygens (including phenoxy) is 1. The molecule has 3 rings (SSSR count). The number of hydrogen-bond acceptors (Lipinski definition) is 7. The summed E-state index contributed by atoms with van der Waals surface area (Å²) in [6, 6.07) is 1.97. The molecule has 0 aliphatic heterocycles. The largest absolute Gasteiger partial charge is 0.450 e. The van der Waals surface area contributed by atoms with Crippen molar-refractivity contribution in [2.75, 3.05) is 31.3 Å². The van der Waals surface area contributed by atoms with Gasteiger partial charge in [0.2, 0.25) is 5.95 Å². The number of nitrogens with zero attached hydrogens (tertiary/aromatic N) is 5. The first-order valence-electron chi connectivity index (χ1n) is 9.96. The number of benzene rings is 1. The summed E-state index contributed by atoms with van der Waals surface area (Å²) in [6.45, 7) is 0.518. The molecule has 0 saturated heterocycles. The van der Waals surface area contributed by atoms with Crippen LogP contribution in [0.1, 0.15) is 24.8 Å². The number of rotatable bonds is 9. The fourth-order valence-corrected chi connectivity index (χ4v) is 3.19. The molecule has 12 heteroatoms. The van der Waals surface area contributed by atoms with Crippen LogP contribution in [0.2, 0.25) is 5.02 Å². The molecule has 2 heterocycles. The molecule has 0 aliphatic carbocycles. The molecule has 1 amide bonds. The van der Waals surface area contributed by atoms with Crippen LogP contribution in [-0.4, -0.2) is 46.3 Å². The van der Waals surface area contributed by atoms with Gasteiger partial charge in [-0.05, 0) is 31.4 Å². The molecule has 0 bridgehead atoms. The monoisotopic (exact) mass is 467 g/mol. The van der Waals surface area contributed by atoms with Gasteiger partial charge in [0.25, 0.3) is 0 Å². The zero-order valence-corrected chi connectivity index (χ0v) is 18.5. The second-order valence-corrected chi connectivity index (χ2v) is 7.75. The van der Waals surface area contributed by atoms with Gasteiger partial charge in [-0.1, -0.05) is 11.6 Å². The number of carbonyl (C=O) groups excluding carboxylic acids is 1. The highest BCUT2D eigenvalue weighted by Gasteiger charge is 2.13. The van der Waals surface area contributed by atoms with Crippen molar-refractivity contribution in [2.24, 2.45) is 0 Å². The number of hydrogen-bond donors (Lipinski definition) is 2. The summed E-state index contributed by atoms with van der Waals surface area (Å²) in [5.41, 5.74) is 6.91. The minimum Gasteiger partial charge on any atom is -0.450 e. The Labute approximate surface area is 188 Å². The van der Waals surface area contributed by atoms with Crippen LogP contribution >= 0.6 is 11.6 Å². The Bertz CT molecular complexity index is 1080. The first kappa shape index (κ1) is 23.5. The van der Waals surface area contributed by atoms with Gasteiger partial charge in [0.15, 0.2) is 11.5 Å². The lowest BCUT2D eigenvalue weighted by atomic mass is 10.2. The highest BCUT2D eigenvalue weighted by molar-refractivity contribution is 6.30. The third kappa shape index (κ3) is 5.72. The molecular weight excluding hydrogens is 444 g/mol. The molecule has 0 unspecified atom stereocenters. The summed E-state index contributed by atoms with van der Waals surface area (Å²) >= 11 is 5.57. The van der Waals surface area contributed by atoms with Gasteiger partial charge >= 0.3 is 6.09 Å². The van der Waals surface area contributed by atoms with Crippen molar-refractivity contribution in [1.82, 2.24) is 24.8 Å². The topological polar surface area (TPSA) is 111 Å². The Kier molecular flexibility index (Phi) is 7.62. The second-order valence-electron chi connectivity index (χ2n) is 7.31. The number of fused-ring (bicyclic) bond motifs is 1. The highest BCUT2D eigenvalue weighted by Crippen LogP contribution is 2.20. The zero-order chi connectivity index (χ0) is 23.3. The Morgan fingerprint density at radius 3 is 2.62 bits per heavy atom. The molecule has 0 aliphatic rings. The number of alkyl carbamates (subject to hydrolysis) is 1. The number of amides is 1. The van der Waals surface area contributed by atoms with Gasteiger partial charge in [-0.2, -0.15) is 9.97 Å². The first-order chi connectivity index (χ1) is 15.3. The standard InChI is InChI=1S/C20H24ClF2N7O2/c1-29(2)19-27-17(24)16-18(28-19)30(11-26-16)6-4-3-5-7-32-20(31)25-10-13-14(22)8-12(21)9-15(13)23/h8-9,11H,3-7,10H2,1-2H3,(H,25,31)(H2,24,27,28). The van der Waals surface area contributed by atoms with Crippen LogP contribution in [-0.2, 0) is 17.8 Å². The van der Waals surface area contributed by atoms with Crippen molar-refractivity contribution in [3.05, 3.63) is 40.7 Å². The number of anilines is 2. The molecule has 32 heavy (non-hydrogen) atoms. The van der Waals surface area contributed by atoms with Crippen molar-refractivity contribution in [1.29, 1.82) is 0 Å². The maximum absolute atomic E-state index is 13.7. The Morgan fingerprint density at radius 1 is 1.22 bits per heavy atom. The average Bonchev–Trinajstić information content (AvgIpc) is 3.13. The van der Waals surface area contributed by atoms with Crippen LogP contribution in [0.5, 0.6) is 0 Å². The summed E-state index contributed by atoms with van der Waals surface area (Å²) in [5.74, 6) is -0.816. The fourth-order valence-electron chi connectivity index (χ4n) is 3.00. The van der Waals surface area contributed by atoms with Crippen molar-refractivity contribution in [3.63, 3.8) is 0 Å². The lowest BCUT2D eigenvalue weighted by Crippen LogP contribution is -2.25.